The Kier molecular flexibility index (Phi) is 4.90. The number of furan rings is 1. The van der Waals surface area contributed by atoms with Crippen molar-refractivity contribution in [3.05, 3.63) is 53.5 Å². The molecule has 128 valence electrons. The van der Waals surface area contributed by atoms with Crippen molar-refractivity contribution < 1.29 is 13.9 Å². The summed E-state index contributed by atoms with van der Waals surface area (Å²) in [4.78, 5) is 12.4. The normalized spacial score (nSPS) is 19.2. The lowest BCUT2D eigenvalue weighted by Gasteiger charge is -2.10. The molecule has 2 aromatic rings. The van der Waals surface area contributed by atoms with Gasteiger partial charge < -0.3 is 14.5 Å². The first-order chi connectivity index (χ1) is 12.1. The number of nitrogens with one attached hydrogen (secondary N) is 1. The van der Waals surface area contributed by atoms with E-state index in [1.54, 1.807) is 24.3 Å². The van der Waals surface area contributed by atoms with Crippen LogP contribution in [0.5, 0.6) is 5.75 Å². The van der Waals surface area contributed by atoms with Gasteiger partial charge in [0.1, 0.15) is 28.9 Å². The highest BCUT2D eigenvalue weighted by Crippen LogP contribution is 2.47. The lowest BCUT2D eigenvalue weighted by atomic mass is 10.2. The van der Waals surface area contributed by atoms with Crippen LogP contribution in [0.3, 0.4) is 0 Å². The third-order valence-corrected chi connectivity index (χ3v) is 4.21. The van der Waals surface area contributed by atoms with E-state index in [0.29, 0.717) is 35.6 Å². The van der Waals surface area contributed by atoms with Crippen LogP contribution in [0.15, 0.2) is 46.4 Å². The molecule has 0 saturated heterocycles. The zero-order valence-corrected chi connectivity index (χ0v) is 14.3. The molecular weight excluding hydrogens is 316 g/mol. The van der Waals surface area contributed by atoms with Gasteiger partial charge in [0, 0.05) is 12.0 Å². The molecule has 2 atom stereocenters. The number of amides is 1. The molecule has 0 bridgehead atoms. The zero-order chi connectivity index (χ0) is 17.8. The molecule has 0 spiro atoms. The van der Waals surface area contributed by atoms with E-state index in [9.17, 15) is 10.1 Å². The Morgan fingerprint density at radius 1 is 1.40 bits per heavy atom. The molecule has 0 aliphatic heterocycles. The van der Waals surface area contributed by atoms with Crippen molar-refractivity contribution in [2.45, 2.75) is 26.2 Å². The van der Waals surface area contributed by atoms with Gasteiger partial charge in [-0.2, -0.15) is 5.26 Å². The molecule has 1 aromatic carbocycles. The maximum absolute atomic E-state index is 12.4. The number of ether oxygens (including phenoxy) is 1. The number of carbonyl (C=O) groups is 1. The van der Waals surface area contributed by atoms with Gasteiger partial charge in [0.2, 0.25) is 0 Å². The summed E-state index contributed by atoms with van der Waals surface area (Å²) in [6.07, 6.45) is 2.59. The van der Waals surface area contributed by atoms with Gasteiger partial charge in [-0.15, -0.1) is 0 Å². The van der Waals surface area contributed by atoms with Crippen LogP contribution in [0.4, 0.5) is 5.69 Å². The average Bonchev–Trinajstić information content (AvgIpc) is 3.16. The predicted molar refractivity (Wildman–Crippen MR) is 95.1 cm³/mol. The number of hydrogen-bond donors (Lipinski definition) is 1. The van der Waals surface area contributed by atoms with E-state index < -0.39 is 5.91 Å². The summed E-state index contributed by atoms with van der Waals surface area (Å²) < 4.78 is 11.2. The van der Waals surface area contributed by atoms with Crippen LogP contribution in [-0.4, -0.2) is 12.5 Å². The lowest BCUT2D eigenvalue weighted by Crippen LogP contribution is -2.14. The van der Waals surface area contributed by atoms with Gasteiger partial charge in [-0.25, -0.2) is 0 Å². The average molecular weight is 336 g/mol. The predicted octanol–water partition coefficient (Wildman–Crippen LogP) is 4.35. The minimum Gasteiger partial charge on any atom is -0.492 e. The Morgan fingerprint density at radius 3 is 2.84 bits per heavy atom. The first-order valence-corrected chi connectivity index (χ1v) is 8.37. The minimum atomic E-state index is -0.493. The summed E-state index contributed by atoms with van der Waals surface area (Å²) in [5.74, 6) is 2.60. The highest BCUT2D eigenvalue weighted by Gasteiger charge is 2.36. The van der Waals surface area contributed by atoms with Crippen molar-refractivity contribution in [3.63, 3.8) is 0 Å². The molecule has 0 unspecified atom stereocenters. The second kappa shape index (κ2) is 7.27. The van der Waals surface area contributed by atoms with Gasteiger partial charge in [0.05, 0.1) is 12.3 Å². The maximum Gasteiger partial charge on any atom is 0.266 e. The van der Waals surface area contributed by atoms with Gasteiger partial charge >= 0.3 is 0 Å². The Balaban J connectivity index is 1.75. The Morgan fingerprint density at radius 2 is 2.16 bits per heavy atom. The zero-order valence-electron chi connectivity index (χ0n) is 14.3. The fourth-order valence-electron chi connectivity index (χ4n) is 2.70. The quantitative estimate of drug-likeness (QED) is 0.628. The fourth-order valence-corrected chi connectivity index (χ4v) is 2.70. The van der Waals surface area contributed by atoms with Crippen molar-refractivity contribution in [3.8, 4) is 11.8 Å². The number of nitriles is 1. The lowest BCUT2D eigenvalue weighted by molar-refractivity contribution is -0.112. The molecular formula is C20H20N2O3. The monoisotopic (exact) mass is 336 g/mol. The van der Waals surface area contributed by atoms with Crippen molar-refractivity contribution in [1.29, 1.82) is 5.26 Å². The van der Waals surface area contributed by atoms with Crippen molar-refractivity contribution >= 4 is 17.7 Å². The van der Waals surface area contributed by atoms with Crippen LogP contribution < -0.4 is 10.1 Å². The van der Waals surface area contributed by atoms with E-state index >= 15 is 0 Å². The molecule has 25 heavy (non-hydrogen) atoms. The molecule has 5 nitrogen and oxygen atoms in total. The molecule has 1 N–H and O–H groups in total. The summed E-state index contributed by atoms with van der Waals surface area (Å²) in [5.41, 5.74) is 0.512. The summed E-state index contributed by atoms with van der Waals surface area (Å²) in [5, 5.41) is 12.0. The van der Waals surface area contributed by atoms with E-state index in [0.717, 1.165) is 12.2 Å². The van der Waals surface area contributed by atoms with Gasteiger partial charge in [0.25, 0.3) is 5.91 Å². The first-order valence-electron chi connectivity index (χ1n) is 8.37. The van der Waals surface area contributed by atoms with E-state index in [2.05, 4.69) is 12.2 Å². The van der Waals surface area contributed by atoms with E-state index in [-0.39, 0.29) is 5.57 Å². The molecule has 1 saturated carbocycles. The van der Waals surface area contributed by atoms with Gasteiger partial charge in [0.15, 0.2) is 0 Å². The number of rotatable bonds is 6. The molecule has 1 aliphatic rings. The number of benzene rings is 1. The van der Waals surface area contributed by atoms with E-state index in [1.165, 1.54) is 6.08 Å². The summed E-state index contributed by atoms with van der Waals surface area (Å²) >= 11 is 0. The number of nitrogens with zero attached hydrogens (tertiary/aromatic N) is 1. The van der Waals surface area contributed by atoms with E-state index in [1.807, 2.05) is 25.1 Å². The molecule has 1 aliphatic carbocycles. The molecule has 1 fully saturated rings. The maximum atomic E-state index is 12.4. The molecule has 1 heterocycles. The van der Waals surface area contributed by atoms with Crippen LogP contribution in [-0.2, 0) is 4.79 Å². The van der Waals surface area contributed by atoms with Gasteiger partial charge in [-0.05, 0) is 43.5 Å². The first kappa shape index (κ1) is 16.8. The second-order valence-corrected chi connectivity index (χ2v) is 6.11. The van der Waals surface area contributed by atoms with E-state index in [4.69, 9.17) is 9.15 Å². The van der Waals surface area contributed by atoms with Crippen LogP contribution >= 0.6 is 0 Å². The minimum absolute atomic E-state index is 0.0175. The standard InChI is InChI=1S/C20H20N2O3/c1-3-24-19-7-5-4-6-17(19)22-20(23)14(12-21)11-15-8-9-18(25-15)16-10-13(16)2/h4-9,11,13,16H,3,10H2,1-2H3,(H,22,23)/b14-11+/t13-,16+/m0/s1. The van der Waals surface area contributed by atoms with Gasteiger partial charge in [-0.1, -0.05) is 19.1 Å². The molecule has 1 amide bonds. The summed E-state index contributed by atoms with van der Waals surface area (Å²) in [7, 11) is 0. The fraction of sp³-hybridized carbons (Fsp3) is 0.300. The topological polar surface area (TPSA) is 75.3 Å². The molecule has 3 rings (SSSR count). The van der Waals surface area contributed by atoms with Crippen LogP contribution in [0.2, 0.25) is 0 Å². The van der Waals surface area contributed by atoms with Crippen molar-refractivity contribution in [2.24, 2.45) is 5.92 Å². The largest absolute Gasteiger partial charge is 0.492 e. The number of anilines is 1. The molecule has 5 heteroatoms. The molecule has 0 radical (unpaired) electrons. The Labute approximate surface area is 146 Å². The third kappa shape index (κ3) is 3.92. The SMILES string of the molecule is CCOc1ccccc1NC(=O)/C(C#N)=C/c1ccc([C@@H]2C[C@@H]2C)o1. The Hall–Kier alpha value is -3.00. The second-order valence-electron chi connectivity index (χ2n) is 6.11. The van der Waals surface area contributed by atoms with Crippen LogP contribution in [0.25, 0.3) is 6.08 Å². The number of hydrogen-bond acceptors (Lipinski definition) is 4. The highest BCUT2D eigenvalue weighted by molar-refractivity contribution is 6.10. The Bertz CT molecular complexity index is 845. The number of carbonyl (C=O) groups excluding carboxylic acids is 1. The van der Waals surface area contributed by atoms with Crippen molar-refractivity contribution in [2.75, 3.05) is 11.9 Å². The summed E-state index contributed by atoms with van der Waals surface area (Å²) in [6, 6.07) is 12.8. The summed E-state index contributed by atoms with van der Waals surface area (Å²) in [6.45, 7) is 4.53. The van der Waals surface area contributed by atoms with Crippen LogP contribution in [0.1, 0.15) is 37.7 Å². The van der Waals surface area contributed by atoms with Crippen molar-refractivity contribution in [1.82, 2.24) is 0 Å². The highest BCUT2D eigenvalue weighted by atomic mass is 16.5. The third-order valence-electron chi connectivity index (χ3n) is 4.21. The van der Waals surface area contributed by atoms with Gasteiger partial charge in [-0.3, -0.25) is 4.79 Å². The number of para-hydroxylation sites is 2. The smallest absolute Gasteiger partial charge is 0.266 e. The van der Waals surface area contributed by atoms with Crippen LogP contribution in [0, 0.1) is 17.2 Å². The molecule has 1 aromatic heterocycles.